The zero-order valence-corrected chi connectivity index (χ0v) is 15.4. The van der Waals surface area contributed by atoms with Crippen LogP contribution in [0.2, 0.25) is 0 Å². The van der Waals surface area contributed by atoms with Crippen LogP contribution in [0, 0.1) is 5.82 Å². The quantitative estimate of drug-likeness (QED) is 0.719. The van der Waals surface area contributed by atoms with Gasteiger partial charge in [-0.1, -0.05) is 48.5 Å². The average molecular weight is 376 g/mol. The summed E-state index contributed by atoms with van der Waals surface area (Å²) in [5.41, 5.74) is 3.78. The zero-order valence-electron chi connectivity index (χ0n) is 15.4. The van der Waals surface area contributed by atoms with Crippen molar-refractivity contribution in [3.05, 3.63) is 110 Å². The molecule has 0 saturated heterocycles. The van der Waals surface area contributed by atoms with E-state index in [4.69, 9.17) is 0 Å². The average Bonchev–Trinajstić information content (AvgIpc) is 2.71. The van der Waals surface area contributed by atoms with Gasteiger partial charge in [0.05, 0.1) is 0 Å². The number of hydrogen-bond donors (Lipinski definition) is 2. The lowest BCUT2D eigenvalue weighted by molar-refractivity contribution is 0.595. The highest BCUT2D eigenvalue weighted by molar-refractivity contribution is 5.66. The molecule has 2 aromatic carbocycles. The minimum atomic E-state index is -0.467. The van der Waals surface area contributed by atoms with Gasteiger partial charge in [-0.3, -0.25) is 9.78 Å². The molecule has 1 atom stereocenters. The SMILES string of the molecule is O=c1[nH]c(C2CC=C(c3ccc(F)cc3)CC2)c(Cc2ccccc2)c(=O)[nH]1. The van der Waals surface area contributed by atoms with E-state index in [1.165, 1.54) is 17.7 Å². The Bertz CT molecular complexity index is 1110. The molecule has 4 rings (SSSR count). The molecule has 3 aromatic rings. The lowest BCUT2D eigenvalue weighted by Crippen LogP contribution is -2.29. The molecule has 4 nitrogen and oxygen atoms in total. The smallest absolute Gasteiger partial charge is 0.311 e. The van der Waals surface area contributed by atoms with Gasteiger partial charge in [0.1, 0.15) is 5.82 Å². The minimum absolute atomic E-state index is 0.0814. The lowest BCUT2D eigenvalue weighted by Gasteiger charge is -2.24. The van der Waals surface area contributed by atoms with E-state index in [1.54, 1.807) is 12.1 Å². The van der Waals surface area contributed by atoms with Crippen LogP contribution in [0.25, 0.3) is 5.57 Å². The number of nitrogens with one attached hydrogen (secondary N) is 2. The van der Waals surface area contributed by atoms with E-state index in [0.29, 0.717) is 12.0 Å². The van der Waals surface area contributed by atoms with E-state index < -0.39 is 5.69 Å². The Morgan fingerprint density at radius 3 is 2.39 bits per heavy atom. The first kappa shape index (κ1) is 18.2. The molecule has 28 heavy (non-hydrogen) atoms. The van der Waals surface area contributed by atoms with Crippen molar-refractivity contribution >= 4 is 5.57 Å². The summed E-state index contributed by atoms with van der Waals surface area (Å²) in [7, 11) is 0. The summed E-state index contributed by atoms with van der Waals surface area (Å²) in [6, 6.07) is 16.3. The third-order valence-corrected chi connectivity index (χ3v) is 5.33. The van der Waals surface area contributed by atoms with Crippen molar-refractivity contribution in [3.63, 3.8) is 0 Å². The molecule has 1 aliphatic rings. The Labute approximate surface area is 161 Å². The van der Waals surface area contributed by atoms with E-state index in [-0.39, 0.29) is 17.3 Å². The van der Waals surface area contributed by atoms with Crippen molar-refractivity contribution in [2.24, 2.45) is 0 Å². The van der Waals surface area contributed by atoms with Gasteiger partial charge in [-0.2, -0.15) is 0 Å². The van der Waals surface area contributed by atoms with Crippen LogP contribution in [0.15, 0.2) is 70.3 Å². The second-order valence-corrected chi connectivity index (χ2v) is 7.17. The van der Waals surface area contributed by atoms with E-state index in [9.17, 15) is 14.0 Å². The van der Waals surface area contributed by atoms with Gasteiger partial charge in [0.2, 0.25) is 0 Å². The molecule has 2 N–H and O–H groups in total. The highest BCUT2D eigenvalue weighted by Gasteiger charge is 2.22. The molecule has 5 heteroatoms. The molecule has 0 aliphatic heterocycles. The van der Waals surface area contributed by atoms with Crippen molar-refractivity contribution in [1.29, 1.82) is 0 Å². The van der Waals surface area contributed by atoms with Crippen molar-refractivity contribution in [1.82, 2.24) is 9.97 Å². The van der Waals surface area contributed by atoms with Gasteiger partial charge in [0.15, 0.2) is 0 Å². The molecule has 142 valence electrons. The molecule has 0 bridgehead atoms. The van der Waals surface area contributed by atoms with Crippen LogP contribution in [-0.4, -0.2) is 9.97 Å². The fourth-order valence-corrected chi connectivity index (χ4v) is 3.88. The topological polar surface area (TPSA) is 65.7 Å². The molecule has 0 amide bonds. The maximum absolute atomic E-state index is 13.2. The second kappa shape index (κ2) is 7.80. The van der Waals surface area contributed by atoms with Gasteiger partial charge >= 0.3 is 5.69 Å². The first-order valence-electron chi connectivity index (χ1n) is 9.44. The maximum Gasteiger partial charge on any atom is 0.325 e. The van der Waals surface area contributed by atoms with Gasteiger partial charge in [0.25, 0.3) is 5.56 Å². The maximum atomic E-state index is 13.2. The second-order valence-electron chi connectivity index (χ2n) is 7.17. The fourth-order valence-electron chi connectivity index (χ4n) is 3.88. The van der Waals surface area contributed by atoms with Crippen LogP contribution in [0.5, 0.6) is 0 Å². The van der Waals surface area contributed by atoms with Crippen molar-refractivity contribution in [2.75, 3.05) is 0 Å². The van der Waals surface area contributed by atoms with Crippen LogP contribution in [0.1, 0.15) is 47.6 Å². The predicted molar refractivity (Wildman–Crippen MR) is 108 cm³/mol. The van der Waals surface area contributed by atoms with Crippen molar-refractivity contribution in [3.8, 4) is 0 Å². The Morgan fingerprint density at radius 1 is 0.964 bits per heavy atom. The number of benzene rings is 2. The zero-order chi connectivity index (χ0) is 19.5. The van der Waals surface area contributed by atoms with Crippen LogP contribution in [0.3, 0.4) is 0 Å². The largest absolute Gasteiger partial charge is 0.325 e. The van der Waals surface area contributed by atoms with Gasteiger partial charge in [-0.25, -0.2) is 9.18 Å². The summed E-state index contributed by atoms with van der Waals surface area (Å²) in [5.74, 6) is -0.164. The van der Waals surface area contributed by atoms with E-state index >= 15 is 0 Å². The van der Waals surface area contributed by atoms with Crippen LogP contribution in [0.4, 0.5) is 4.39 Å². The molecular formula is C23H21FN2O2. The standard InChI is InChI=1S/C23H21FN2O2/c24-19-12-10-17(11-13-19)16-6-8-18(9-7-16)21-20(22(27)26-23(28)25-21)14-15-4-2-1-3-5-15/h1-6,10-13,18H,7-9,14H2,(H2,25,26,27,28). The third kappa shape index (κ3) is 3.88. The summed E-state index contributed by atoms with van der Waals surface area (Å²) in [6.45, 7) is 0. The van der Waals surface area contributed by atoms with Gasteiger partial charge in [0, 0.05) is 23.6 Å². The van der Waals surface area contributed by atoms with Crippen LogP contribution in [-0.2, 0) is 6.42 Å². The first-order valence-corrected chi connectivity index (χ1v) is 9.44. The summed E-state index contributed by atoms with van der Waals surface area (Å²) in [5, 5.41) is 0. The Balaban J connectivity index is 1.63. The fraction of sp³-hybridized carbons (Fsp3) is 0.217. The Morgan fingerprint density at radius 2 is 1.71 bits per heavy atom. The van der Waals surface area contributed by atoms with Crippen LogP contribution >= 0.6 is 0 Å². The Hall–Kier alpha value is -3.21. The summed E-state index contributed by atoms with van der Waals surface area (Å²) in [4.78, 5) is 29.7. The van der Waals surface area contributed by atoms with Crippen LogP contribution < -0.4 is 11.2 Å². The van der Waals surface area contributed by atoms with E-state index in [2.05, 4.69) is 16.0 Å². The molecule has 0 fully saturated rings. The number of H-pyrrole nitrogens is 2. The lowest BCUT2D eigenvalue weighted by atomic mass is 9.83. The third-order valence-electron chi connectivity index (χ3n) is 5.33. The Kier molecular flexibility index (Phi) is 5.06. The van der Waals surface area contributed by atoms with Gasteiger partial charge in [-0.15, -0.1) is 0 Å². The molecular weight excluding hydrogens is 355 g/mol. The monoisotopic (exact) mass is 376 g/mol. The number of aromatic nitrogens is 2. The van der Waals surface area contributed by atoms with Crippen molar-refractivity contribution in [2.45, 2.75) is 31.6 Å². The summed E-state index contributed by atoms with van der Waals surface area (Å²) in [6.07, 6.45) is 4.98. The molecule has 0 saturated carbocycles. The number of rotatable bonds is 4. The number of allylic oxidation sites excluding steroid dienone is 2. The number of hydrogen-bond acceptors (Lipinski definition) is 2. The van der Waals surface area contributed by atoms with Crippen molar-refractivity contribution < 1.29 is 4.39 Å². The minimum Gasteiger partial charge on any atom is -0.311 e. The van der Waals surface area contributed by atoms with E-state index in [0.717, 1.165) is 36.1 Å². The molecule has 0 spiro atoms. The highest BCUT2D eigenvalue weighted by atomic mass is 19.1. The van der Waals surface area contributed by atoms with Gasteiger partial charge in [-0.05, 0) is 48.1 Å². The number of aromatic amines is 2. The summed E-state index contributed by atoms with van der Waals surface area (Å²) < 4.78 is 13.2. The predicted octanol–water partition coefficient (Wildman–Crippen LogP) is 4.14. The number of halogens is 1. The van der Waals surface area contributed by atoms with Gasteiger partial charge < -0.3 is 4.98 Å². The highest BCUT2D eigenvalue weighted by Crippen LogP contribution is 2.36. The normalized spacial score (nSPS) is 16.6. The molecule has 1 aromatic heterocycles. The molecule has 0 radical (unpaired) electrons. The molecule has 1 heterocycles. The van der Waals surface area contributed by atoms with E-state index in [1.807, 2.05) is 30.3 Å². The molecule has 1 aliphatic carbocycles. The molecule has 1 unspecified atom stereocenters. The summed E-state index contributed by atoms with van der Waals surface area (Å²) >= 11 is 0. The first-order chi connectivity index (χ1) is 13.6.